The van der Waals surface area contributed by atoms with E-state index in [2.05, 4.69) is 38.3 Å². The summed E-state index contributed by atoms with van der Waals surface area (Å²) in [6.45, 7) is 6.93. The summed E-state index contributed by atoms with van der Waals surface area (Å²) in [5.41, 5.74) is 1.57. The molecule has 1 atom stereocenters. The number of likely N-dealkylation sites (tertiary alicyclic amines) is 1. The highest BCUT2D eigenvalue weighted by molar-refractivity contribution is 5.80. The Bertz CT molecular complexity index is 696. The fraction of sp³-hybridized carbons (Fsp3) is 0.696. The van der Waals surface area contributed by atoms with Crippen LogP contribution in [-0.2, 0) is 10.2 Å². The first kappa shape index (κ1) is 20.5. The van der Waals surface area contributed by atoms with E-state index in [1.165, 1.54) is 37.7 Å². The number of aliphatic imine (C=N–C) groups is 1. The maximum Gasteiger partial charge on any atom is 0.193 e. The first-order valence-corrected chi connectivity index (χ1v) is 11.2. The Hall–Kier alpha value is -1.79. The van der Waals surface area contributed by atoms with Gasteiger partial charge in [0.1, 0.15) is 5.75 Å². The molecular weight excluding hydrogens is 364 g/mol. The molecule has 1 aromatic rings. The average Bonchev–Trinajstić information content (AvgIpc) is 3.46. The molecule has 0 amide bonds. The van der Waals surface area contributed by atoms with Crippen LogP contribution in [0.25, 0.3) is 0 Å². The van der Waals surface area contributed by atoms with E-state index in [0.717, 1.165) is 57.6 Å². The van der Waals surface area contributed by atoms with Gasteiger partial charge in [-0.05, 0) is 37.0 Å². The summed E-state index contributed by atoms with van der Waals surface area (Å²) in [5, 5.41) is 3.75. The molecule has 2 heterocycles. The van der Waals surface area contributed by atoms with Gasteiger partial charge in [-0.3, -0.25) is 9.89 Å². The van der Waals surface area contributed by atoms with Gasteiger partial charge in [-0.2, -0.15) is 0 Å². The van der Waals surface area contributed by atoms with E-state index in [-0.39, 0.29) is 5.41 Å². The maximum absolute atomic E-state index is 5.52. The van der Waals surface area contributed by atoms with Gasteiger partial charge in [-0.25, -0.2) is 0 Å². The number of guanidine groups is 1. The fourth-order valence-electron chi connectivity index (χ4n) is 5.33. The van der Waals surface area contributed by atoms with Crippen molar-refractivity contribution in [1.82, 2.24) is 15.1 Å². The number of rotatable bonds is 5. The number of hydrogen-bond donors (Lipinski definition) is 1. The SMILES string of the molecule is CN=C(NCC1(c2cccc(OC)c2)CCCC1)N1CCC(N2CCOCC2)C1. The van der Waals surface area contributed by atoms with E-state index < -0.39 is 0 Å². The predicted octanol–water partition coefficient (Wildman–Crippen LogP) is 2.49. The van der Waals surface area contributed by atoms with Crippen molar-refractivity contribution in [3.63, 3.8) is 0 Å². The zero-order chi connectivity index (χ0) is 20.1. The van der Waals surface area contributed by atoms with Crippen molar-refractivity contribution in [2.75, 3.05) is 60.1 Å². The first-order chi connectivity index (χ1) is 14.2. The molecule has 2 aliphatic heterocycles. The molecular formula is C23H36N4O2. The van der Waals surface area contributed by atoms with Crippen LogP contribution in [0.15, 0.2) is 29.3 Å². The summed E-state index contributed by atoms with van der Waals surface area (Å²) in [6, 6.07) is 9.27. The van der Waals surface area contributed by atoms with Crippen molar-refractivity contribution >= 4 is 5.96 Å². The van der Waals surface area contributed by atoms with Gasteiger partial charge in [0.25, 0.3) is 0 Å². The predicted molar refractivity (Wildman–Crippen MR) is 117 cm³/mol. The lowest BCUT2D eigenvalue weighted by atomic mass is 9.78. The zero-order valence-corrected chi connectivity index (χ0v) is 18.0. The third kappa shape index (κ3) is 4.53. The summed E-state index contributed by atoms with van der Waals surface area (Å²) in [4.78, 5) is 9.66. The molecule has 1 aromatic carbocycles. The van der Waals surface area contributed by atoms with Crippen LogP contribution in [0.2, 0.25) is 0 Å². The van der Waals surface area contributed by atoms with E-state index in [0.29, 0.717) is 6.04 Å². The lowest BCUT2D eigenvalue weighted by Gasteiger charge is -2.34. The standard InChI is InChI=1S/C23H36N4O2/c1-24-22(27-11-8-20(17-27)26-12-14-29-15-13-26)25-18-23(9-3-4-10-23)19-6-5-7-21(16-19)28-2/h5-7,16,20H,3-4,8-15,17-18H2,1-2H3,(H,24,25). The van der Waals surface area contributed by atoms with Gasteiger partial charge in [0.15, 0.2) is 5.96 Å². The molecule has 29 heavy (non-hydrogen) atoms. The quantitative estimate of drug-likeness (QED) is 0.608. The number of morpholine rings is 1. The molecule has 3 fully saturated rings. The van der Waals surface area contributed by atoms with Gasteiger partial charge < -0.3 is 19.7 Å². The van der Waals surface area contributed by atoms with Crippen molar-refractivity contribution in [3.8, 4) is 5.75 Å². The Morgan fingerprint density at radius 2 is 2.03 bits per heavy atom. The van der Waals surface area contributed by atoms with Crippen LogP contribution in [0.1, 0.15) is 37.7 Å². The van der Waals surface area contributed by atoms with Crippen molar-refractivity contribution in [2.45, 2.75) is 43.6 Å². The minimum absolute atomic E-state index is 0.174. The Kier molecular flexibility index (Phi) is 6.60. The van der Waals surface area contributed by atoms with Gasteiger partial charge in [0.05, 0.1) is 20.3 Å². The van der Waals surface area contributed by atoms with Crippen LogP contribution < -0.4 is 10.1 Å². The molecule has 1 aliphatic carbocycles. The lowest BCUT2D eigenvalue weighted by molar-refractivity contribution is 0.0195. The highest BCUT2D eigenvalue weighted by Crippen LogP contribution is 2.41. The minimum atomic E-state index is 0.174. The third-order valence-electron chi connectivity index (χ3n) is 7.06. The summed E-state index contributed by atoms with van der Waals surface area (Å²) in [7, 11) is 3.66. The largest absolute Gasteiger partial charge is 0.497 e. The van der Waals surface area contributed by atoms with Crippen molar-refractivity contribution in [1.29, 1.82) is 0 Å². The molecule has 6 nitrogen and oxygen atoms in total. The minimum Gasteiger partial charge on any atom is -0.497 e. The van der Waals surface area contributed by atoms with Crippen molar-refractivity contribution < 1.29 is 9.47 Å². The molecule has 1 N–H and O–H groups in total. The summed E-state index contributed by atoms with van der Waals surface area (Å²) >= 11 is 0. The molecule has 6 heteroatoms. The Morgan fingerprint density at radius 1 is 1.24 bits per heavy atom. The number of nitrogens with zero attached hydrogens (tertiary/aromatic N) is 3. The van der Waals surface area contributed by atoms with Crippen molar-refractivity contribution in [2.24, 2.45) is 4.99 Å². The van der Waals surface area contributed by atoms with Gasteiger partial charge in [-0.15, -0.1) is 0 Å². The average molecular weight is 401 g/mol. The number of ether oxygens (including phenoxy) is 2. The molecule has 160 valence electrons. The molecule has 0 spiro atoms. The maximum atomic E-state index is 5.52. The molecule has 1 saturated carbocycles. The van der Waals surface area contributed by atoms with Crippen LogP contribution >= 0.6 is 0 Å². The molecule has 0 bridgehead atoms. The molecule has 4 rings (SSSR count). The monoisotopic (exact) mass is 400 g/mol. The highest BCUT2D eigenvalue weighted by Gasteiger charge is 2.37. The lowest BCUT2D eigenvalue weighted by Crippen LogP contribution is -2.48. The number of benzene rings is 1. The molecule has 1 unspecified atom stereocenters. The summed E-state index contributed by atoms with van der Waals surface area (Å²) in [6.07, 6.45) is 6.24. The first-order valence-electron chi connectivity index (χ1n) is 11.2. The van der Waals surface area contributed by atoms with Crippen LogP contribution in [-0.4, -0.2) is 81.9 Å². The zero-order valence-electron chi connectivity index (χ0n) is 18.0. The topological polar surface area (TPSA) is 49.3 Å². The number of methoxy groups -OCH3 is 1. The van der Waals surface area contributed by atoms with E-state index in [1.54, 1.807) is 7.11 Å². The third-order valence-corrected chi connectivity index (χ3v) is 7.06. The number of hydrogen-bond acceptors (Lipinski definition) is 4. The van der Waals surface area contributed by atoms with Crippen LogP contribution in [0, 0.1) is 0 Å². The number of nitrogens with one attached hydrogen (secondary N) is 1. The normalized spacial score (nSPS) is 25.4. The molecule has 0 radical (unpaired) electrons. The van der Waals surface area contributed by atoms with E-state index in [1.807, 2.05) is 13.1 Å². The summed E-state index contributed by atoms with van der Waals surface area (Å²) in [5.74, 6) is 2.00. The van der Waals surface area contributed by atoms with Crippen LogP contribution in [0.3, 0.4) is 0 Å². The smallest absolute Gasteiger partial charge is 0.193 e. The molecule has 3 aliphatic rings. The fourth-order valence-corrected chi connectivity index (χ4v) is 5.33. The van der Waals surface area contributed by atoms with E-state index >= 15 is 0 Å². The van der Waals surface area contributed by atoms with Gasteiger partial charge in [-0.1, -0.05) is 25.0 Å². The van der Waals surface area contributed by atoms with Crippen LogP contribution in [0.5, 0.6) is 5.75 Å². The Labute approximate surface area is 175 Å². The van der Waals surface area contributed by atoms with Gasteiger partial charge in [0.2, 0.25) is 0 Å². The molecule has 0 aromatic heterocycles. The highest BCUT2D eigenvalue weighted by atomic mass is 16.5. The van der Waals surface area contributed by atoms with Gasteiger partial charge in [0, 0.05) is 51.2 Å². The van der Waals surface area contributed by atoms with Crippen molar-refractivity contribution in [3.05, 3.63) is 29.8 Å². The molecule has 2 saturated heterocycles. The second kappa shape index (κ2) is 9.35. The van der Waals surface area contributed by atoms with E-state index in [4.69, 9.17) is 9.47 Å². The van der Waals surface area contributed by atoms with Crippen LogP contribution in [0.4, 0.5) is 0 Å². The van der Waals surface area contributed by atoms with Gasteiger partial charge >= 0.3 is 0 Å². The Balaban J connectivity index is 1.40. The summed E-state index contributed by atoms with van der Waals surface area (Å²) < 4.78 is 11.0. The Morgan fingerprint density at radius 3 is 2.76 bits per heavy atom. The second-order valence-corrected chi connectivity index (χ2v) is 8.66. The second-order valence-electron chi connectivity index (χ2n) is 8.66. The van der Waals surface area contributed by atoms with E-state index in [9.17, 15) is 0 Å².